The molecule has 0 radical (unpaired) electrons. The van der Waals surface area contributed by atoms with E-state index in [0.29, 0.717) is 30.9 Å². The van der Waals surface area contributed by atoms with Crippen LogP contribution in [-0.2, 0) is 11.3 Å². The van der Waals surface area contributed by atoms with Gasteiger partial charge in [-0.15, -0.1) is 0 Å². The first-order chi connectivity index (χ1) is 14.7. The average molecular weight is 425 g/mol. The molecule has 8 heteroatoms. The molecule has 2 amide bonds. The van der Waals surface area contributed by atoms with Gasteiger partial charge in [0.05, 0.1) is 4.92 Å². The SMILES string of the molecule is CC(C)(CN)CN(Cc1ccc(NC(=O)c2ccc([N+](=O)[O-])cc2)cc1)C(=O)C1CC1. The van der Waals surface area contributed by atoms with Gasteiger partial charge in [-0.25, -0.2) is 0 Å². The standard InChI is InChI=1S/C23H28N4O4/c1-23(2,14-24)15-26(22(29)18-5-6-18)13-16-3-9-19(10-4-16)25-21(28)17-7-11-20(12-8-17)27(30)31/h3-4,7-12,18H,5-6,13-15,24H2,1-2H3,(H,25,28). The number of nitrogens with two attached hydrogens (primary N) is 1. The number of amides is 2. The summed E-state index contributed by atoms with van der Waals surface area (Å²) >= 11 is 0. The van der Waals surface area contributed by atoms with Crippen LogP contribution in [0, 0.1) is 21.4 Å². The number of nitrogens with one attached hydrogen (secondary N) is 1. The van der Waals surface area contributed by atoms with E-state index in [1.54, 1.807) is 12.1 Å². The summed E-state index contributed by atoms with van der Waals surface area (Å²) in [7, 11) is 0. The van der Waals surface area contributed by atoms with Crippen LogP contribution in [-0.4, -0.2) is 34.7 Å². The van der Waals surface area contributed by atoms with Crippen LogP contribution in [0.2, 0.25) is 0 Å². The minimum Gasteiger partial charge on any atom is -0.338 e. The molecule has 0 unspecified atom stereocenters. The lowest BCUT2D eigenvalue weighted by molar-refractivity contribution is -0.384. The first kappa shape index (κ1) is 22.4. The van der Waals surface area contributed by atoms with E-state index >= 15 is 0 Å². The lowest BCUT2D eigenvalue weighted by Gasteiger charge is -2.32. The van der Waals surface area contributed by atoms with Gasteiger partial charge in [-0.3, -0.25) is 19.7 Å². The molecule has 164 valence electrons. The van der Waals surface area contributed by atoms with E-state index in [1.165, 1.54) is 24.3 Å². The van der Waals surface area contributed by atoms with Crippen LogP contribution in [0.4, 0.5) is 11.4 Å². The molecule has 1 aliphatic rings. The van der Waals surface area contributed by atoms with Gasteiger partial charge in [0.25, 0.3) is 11.6 Å². The van der Waals surface area contributed by atoms with Crippen molar-refractivity contribution in [2.75, 3.05) is 18.4 Å². The summed E-state index contributed by atoms with van der Waals surface area (Å²) in [5, 5.41) is 13.5. The number of hydrogen-bond donors (Lipinski definition) is 2. The van der Waals surface area contributed by atoms with Crippen molar-refractivity contribution in [3.8, 4) is 0 Å². The van der Waals surface area contributed by atoms with Crippen molar-refractivity contribution < 1.29 is 14.5 Å². The highest BCUT2D eigenvalue weighted by Crippen LogP contribution is 2.32. The largest absolute Gasteiger partial charge is 0.338 e. The van der Waals surface area contributed by atoms with Crippen LogP contribution in [0.15, 0.2) is 48.5 Å². The number of nitro groups is 1. The summed E-state index contributed by atoms with van der Waals surface area (Å²) < 4.78 is 0. The van der Waals surface area contributed by atoms with Gasteiger partial charge in [0.1, 0.15) is 0 Å². The molecule has 1 aliphatic carbocycles. The minimum atomic E-state index is -0.508. The molecule has 0 atom stereocenters. The first-order valence-electron chi connectivity index (χ1n) is 10.3. The zero-order valence-corrected chi connectivity index (χ0v) is 17.8. The number of anilines is 1. The Bertz CT molecular complexity index is 951. The number of hydrogen-bond acceptors (Lipinski definition) is 5. The molecule has 1 fully saturated rings. The zero-order chi connectivity index (χ0) is 22.6. The number of benzene rings is 2. The van der Waals surface area contributed by atoms with Gasteiger partial charge in [0.2, 0.25) is 5.91 Å². The summed E-state index contributed by atoms with van der Waals surface area (Å²) in [5.74, 6) is -0.0382. The third-order valence-corrected chi connectivity index (χ3v) is 5.34. The van der Waals surface area contributed by atoms with Gasteiger partial charge >= 0.3 is 0 Å². The molecule has 0 heterocycles. The van der Waals surface area contributed by atoms with Crippen LogP contribution in [0.25, 0.3) is 0 Å². The number of carbonyl (C=O) groups is 2. The van der Waals surface area contributed by atoms with E-state index in [1.807, 2.05) is 17.0 Å². The van der Waals surface area contributed by atoms with Crippen molar-refractivity contribution in [3.63, 3.8) is 0 Å². The van der Waals surface area contributed by atoms with Crippen LogP contribution in [0.3, 0.4) is 0 Å². The lowest BCUT2D eigenvalue weighted by Crippen LogP contribution is -2.42. The fourth-order valence-electron chi connectivity index (χ4n) is 3.23. The summed E-state index contributed by atoms with van der Waals surface area (Å²) in [6, 6.07) is 12.8. The zero-order valence-electron chi connectivity index (χ0n) is 17.8. The molecule has 2 aromatic rings. The normalized spacial score (nSPS) is 13.5. The molecular weight excluding hydrogens is 396 g/mol. The summed E-state index contributed by atoms with van der Waals surface area (Å²) in [5.41, 5.74) is 7.54. The fraction of sp³-hybridized carbons (Fsp3) is 0.391. The molecule has 3 N–H and O–H groups in total. The van der Waals surface area contributed by atoms with Gasteiger partial charge < -0.3 is 16.0 Å². The highest BCUT2D eigenvalue weighted by Gasteiger charge is 2.35. The Balaban J connectivity index is 1.64. The number of carbonyl (C=O) groups excluding carboxylic acids is 2. The van der Waals surface area contributed by atoms with Crippen molar-refractivity contribution in [2.24, 2.45) is 17.1 Å². The molecule has 0 saturated heterocycles. The smallest absolute Gasteiger partial charge is 0.269 e. The maximum Gasteiger partial charge on any atom is 0.269 e. The molecule has 31 heavy (non-hydrogen) atoms. The van der Waals surface area contributed by atoms with Crippen LogP contribution < -0.4 is 11.1 Å². The Kier molecular flexibility index (Phi) is 6.70. The average Bonchev–Trinajstić information content (AvgIpc) is 3.59. The van der Waals surface area contributed by atoms with E-state index in [0.717, 1.165) is 18.4 Å². The maximum absolute atomic E-state index is 12.7. The minimum absolute atomic E-state index is 0.0657. The van der Waals surface area contributed by atoms with Gasteiger partial charge in [-0.1, -0.05) is 26.0 Å². The molecule has 2 aromatic carbocycles. The molecule has 1 saturated carbocycles. The van der Waals surface area contributed by atoms with Crippen molar-refractivity contribution in [1.82, 2.24) is 4.90 Å². The first-order valence-corrected chi connectivity index (χ1v) is 10.3. The van der Waals surface area contributed by atoms with Crippen LogP contribution in [0.5, 0.6) is 0 Å². The van der Waals surface area contributed by atoms with E-state index < -0.39 is 4.92 Å². The number of nitro benzene ring substituents is 1. The van der Waals surface area contributed by atoms with Crippen molar-refractivity contribution in [3.05, 3.63) is 69.8 Å². The predicted octanol–water partition coefficient (Wildman–Crippen LogP) is 3.57. The summed E-state index contributed by atoms with van der Waals surface area (Å²) in [6.07, 6.45) is 1.90. The second kappa shape index (κ2) is 9.26. The number of nitrogens with zero attached hydrogens (tertiary/aromatic N) is 2. The molecule has 0 spiro atoms. The third kappa shape index (κ3) is 6.11. The second-order valence-electron chi connectivity index (χ2n) is 8.79. The number of rotatable bonds is 9. The van der Waals surface area contributed by atoms with Crippen LogP contribution in [0.1, 0.15) is 42.6 Å². The van der Waals surface area contributed by atoms with Crippen molar-refractivity contribution >= 4 is 23.2 Å². The fourth-order valence-corrected chi connectivity index (χ4v) is 3.23. The van der Waals surface area contributed by atoms with Gasteiger partial charge in [-0.2, -0.15) is 0 Å². The van der Waals surface area contributed by atoms with E-state index in [-0.39, 0.29) is 28.8 Å². The van der Waals surface area contributed by atoms with Gasteiger partial charge in [-0.05, 0) is 54.6 Å². The van der Waals surface area contributed by atoms with Crippen molar-refractivity contribution in [2.45, 2.75) is 33.2 Å². The van der Waals surface area contributed by atoms with Gasteiger partial charge in [0.15, 0.2) is 0 Å². The Hall–Kier alpha value is -3.26. The molecule has 3 rings (SSSR count). The Morgan fingerprint density at radius 3 is 2.26 bits per heavy atom. The monoisotopic (exact) mass is 424 g/mol. The number of non-ortho nitro benzene ring substituents is 1. The second-order valence-corrected chi connectivity index (χ2v) is 8.79. The van der Waals surface area contributed by atoms with E-state index in [9.17, 15) is 19.7 Å². The molecule has 0 aliphatic heterocycles. The quantitative estimate of drug-likeness (QED) is 0.471. The highest BCUT2D eigenvalue weighted by molar-refractivity contribution is 6.04. The predicted molar refractivity (Wildman–Crippen MR) is 118 cm³/mol. The van der Waals surface area contributed by atoms with E-state index in [4.69, 9.17) is 5.73 Å². The van der Waals surface area contributed by atoms with Gasteiger partial charge in [0, 0.05) is 42.4 Å². The maximum atomic E-state index is 12.7. The highest BCUT2D eigenvalue weighted by atomic mass is 16.6. The Morgan fingerprint density at radius 2 is 1.74 bits per heavy atom. The van der Waals surface area contributed by atoms with Crippen LogP contribution >= 0.6 is 0 Å². The molecule has 0 aromatic heterocycles. The van der Waals surface area contributed by atoms with Crippen molar-refractivity contribution in [1.29, 1.82) is 0 Å². The molecule has 8 nitrogen and oxygen atoms in total. The summed E-state index contributed by atoms with van der Waals surface area (Å²) in [4.78, 5) is 37.2. The Labute approximate surface area is 181 Å². The molecule has 0 bridgehead atoms. The van der Waals surface area contributed by atoms with E-state index in [2.05, 4.69) is 19.2 Å². The summed E-state index contributed by atoms with van der Waals surface area (Å²) in [6.45, 7) is 5.69. The molecular formula is C23H28N4O4. The third-order valence-electron chi connectivity index (χ3n) is 5.34. The topological polar surface area (TPSA) is 119 Å². The Morgan fingerprint density at radius 1 is 1.13 bits per heavy atom. The lowest BCUT2D eigenvalue weighted by atomic mass is 9.92.